The van der Waals surface area contributed by atoms with E-state index in [2.05, 4.69) is 59.4 Å². The van der Waals surface area contributed by atoms with Crippen LogP contribution in [0.1, 0.15) is 41.4 Å². The van der Waals surface area contributed by atoms with Gasteiger partial charge in [-0.15, -0.1) is 0 Å². The summed E-state index contributed by atoms with van der Waals surface area (Å²) in [5, 5.41) is 8.27. The molecule has 1 aliphatic heterocycles. The van der Waals surface area contributed by atoms with E-state index in [1.807, 2.05) is 10.7 Å². The topological polar surface area (TPSA) is 48.9 Å². The lowest BCUT2D eigenvalue weighted by Crippen LogP contribution is -2.43. The molecule has 0 atom stereocenters. The predicted octanol–water partition coefficient (Wildman–Crippen LogP) is 5.64. The Kier molecular flexibility index (Phi) is 5.69. The lowest BCUT2D eigenvalue weighted by molar-refractivity contribution is 0.589. The van der Waals surface area contributed by atoms with Gasteiger partial charge in [-0.1, -0.05) is 24.3 Å². The van der Waals surface area contributed by atoms with Crippen LogP contribution in [0.5, 0.6) is 0 Å². The fraction of sp³-hybridized carbons (Fsp3) is 0.345. The number of nitrogens with zero attached hydrogens (tertiary/aromatic N) is 3. The largest absolute Gasteiger partial charge is 0.369 e. The molecular weight excluding hydrogens is 437 g/mol. The zero-order valence-electron chi connectivity index (χ0n) is 20.4. The fourth-order valence-corrected chi connectivity index (χ4v) is 5.35. The van der Waals surface area contributed by atoms with Gasteiger partial charge in [0.1, 0.15) is 5.82 Å². The SMILES string of the molecule is Cc1nn(Cc2cccc(F)c2)c(C)c1-c1cc(-c2ccc(N3CCNCC3)cc2)[nH]c1C1CC1. The number of rotatable bonds is 6. The van der Waals surface area contributed by atoms with Crippen molar-refractivity contribution in [3.05, 3.63) is 83.1 Å². The highest BCUT2D eigenvalue weighted by atomic mass is 19.1. The van der Waals surface area contributed by atoms with Crippen LogP contribution in [-0.4, -0.2) is 40.9 Å². The quantitative estimate of drug-likeness (QED) is 0.384. The van der Waals surface area contributed by atoms with Crippen LogP contribution >= 0.6 is 0 Å². The normalized spacial score (nSPS) is 16.1. The Morgan fingerprint density at radius 3 is 2.49 bits per heavy atom. The number of H-pyrrole nitrogens is 1. The van der Waals surface area contributed by atoms with Gasteiger partial charge in [-0.2, -0.15) is 5.10 Å². The summed E-state index contributed by atoms with van der Waals surface area (Å²) in [5.74, 6) is 0.378. The molecule has 1 saturated heterocycles. The third-order valence-corrected chi connectivity index (χ3v) is 7.37. The van der Waals surface area contributed by atoms with E-state index in [0.29, 0.717) is 12.5 Å². The number of aryl methyl sites for hydroxylation is 1. The molecule has 5 nitrogen and oxygen atoms in total. The van der Waals surface area contributed by atoms with Crippen LogP contribution in [0.25, 0.3) is 22.4 Å². The summed E-state index contributed by atoms with van der Waals surface area (Å²) in [6.07, 6.45) is 2.45. The summed E-state index contributed by atoms with van der Waals surface area (Å²) in [6, 6.07) is 18.0. The van der Waals surface area contributed by atoms with E-state index in [1.165, 1.54) is 47.0 Å². The predicted molar refractivity (Wildman–Crippen MR) is 139 cm³/mol. The lowest BCUT2D eigenvalue weighted by Gasteiger charge is -2.29. The molecule has 2 aromatic carbocycles. The van der Waals surface area contributed by atoms with Crippen LogP contribution in [0, 0.1) is 19.7 Å². The number of anilines is 1. The second kappa shape index (κ2) is 9.00. The standard InChI is InChI=1S/C29H32FN5/c1-19-28(20(2)35(33-19)18-21-4-3-5-24(30)16-21)26-17-27(32-29(26)23-6-7-23)22-8-10-25(11-9-22)34-14-12-31-13-15-34/h3-5,8-11,16-17,23,31-32H,6-7,12-15,18H2,1-2H3. The molecule has 3 heterocycles. The average Bonchev–Trinajstić information content (AvgIpc) is 3.57. The maximum atomic E-state index is 13.7. The first-order valence-corrected chi connectivity index (χ1v) is 12.6. The number of piperazine rings is 1. The Hall–Kier alpha value is -3.38. The van der Waals surface area contributed by atoms with Gasteiger partial charge >= 0.3 is 0 Å². The van der Waals surface area contributed by atoms with Crippen molar-refractivity contribution in [3.63, 3.8) is 0 Å². The van der Waals surface area contributed by atoms with Crippen LogP contribution in [0.2, 0.25) is 0 Å². The number of hydrogen-bond acceptors (Lipinski definition) is 3. The van der Waals surface area contributed by atoms with Gasteiger partial charge in [0.25, 0.3) is 0 Å². The number of nitrogens with one attached hydrogen (secondary N) is 2. The second-order valence-corrected chi connectivity index (χ2v) is 9.90. The lowest BCUT2D eigenvalue weighted by atomic mass is 10.0. The van der Waals surface area contributed by atoms with Gasteiger partial charge in [0, 0.05) is 60.1 Å². The molecule has 1 saturated carbocycles. The number of aromatic nitrogens is 3. The van der Waals surface area contributed by atoms with Gasteiger partial charge in [-0.3, -0.25) is 4.68 Å². The molecule has 0 amide bonds. The molecule has 2 aliphatic rings. The van der Waals surface area contributed by atoms with Crippen molar-refractivity contribution in [2.24, 2.45) is 0 Å². The maximum absolute atomic E-state index is 13.7. The van der Waals surface area contributed by atoms with E-state index < -0.39 is 0 Å². The average molecular weight is 470 g/mol. The van der Waals surface area contributed by atoms with Crippen LogP contribution in [0.3, 0.4) is 0 Å². The van der Waals surface area contributed by atoms with E-state index in [0.717, 1.165) is 48.8 Å². The summed E-state index contributed by atoms with van der Waals surface area (Å²) >= 11 is 0. The number of benzene rings is 2. The zero-order valence-corrected chi connectivity index (χ0v) is 20.4. The summed E-state index contributed by atoms with van der Waals surface area (Å²) < 4.78 is 15.7. The van der Waals surface area contributed by atoms with Crippen LogP contribution in [-0.2, 0) is 6.54 Å². The molecule has 35 heavy (non-hydrogen) atoms. The van der Waals surface area contributed by atoms with E-state index in [-0.39, 0.29) is 5.82 Å². The van der Waals surface area contributed by atoms with Crippen molar-refractivity contribution < 1.29 is 4.39 Å². The summed E-state index contributed by atoms with van der Waals surface area (Å²) in [4.78, 5) is 6.21. The minimum absolute atomic E-state index is 0.210. The first-order valence-electron chi connectivity index (χ1n) is 12.6. The first-order chi connectivity index (χ1) is 17.1. The molecule has 2 fully saturated rings. The Morgan fingerprint density at radius 2 is 1.77 bits per heavy atom. The van der Waals surface area contributed by atoms with Crippen LogP contribution in [0.15, 0.2) is 54.6 Å². The minimum atomic E-state index is -0.210. The molecule has 6 heteroatoms. The Bertz CT molecular complexity index is 1340. The van der Waals surface area contributed by atoms with Gasteiger partial charge in [0.2, 0.25) is 0 Å². The molecular formula is C29H32FN5. The summed E-state index contributed by atoms with van der Waals surface area (Å²) in [5.41, 5.74) is 10.5. The van der Waals surface area contributed by atoms with Crippen molar-refractivity contribution in [2.75, 3.05) is 31.1 Å². The highest BCUT2D eigenvalue weighted by molar-refractivity contribution is 5.78. The molecule has 2 N–H and O–H groups in total. The van der Waals surface area contributed by atoms with Crippen molar-refractivity contribution >= 4 is 5.69 Å². The highest BCUT2D eigenvalue weighted by Gasteiger charge is 2.30. The third kappa shape index (κ3) is 4.39. The fourth-order valence-electron chi connectivity index (χ4n) is 5.35. The van der Waals surface area contributed by atoms with Crippen molar-refractivity contribution in [2.45, 2.75) is 39.2 Å². The minimum Gasteiger partial charge on any atom is -0.369 e. The zero-order chi connectivity index (χ0) is 23.9. The van der Waals surface area contributed by atoms with E-state index >= 15 is 0 Å². The van der Waals surface area contributed by atoms with Crippen molar-refractivity contribution in [1.82, 2.24) is 20.1 Å². The monoisotopic (exact) mass is 469 g/mol. The molecule has 180 valence electrons. The smallest absolute Gasteiger partial charge is 0.123 e. The second-order valence-electron chi connectivity index (χ2n) is 9.90. The van der Waals surface area contributed by atoms with Crippen LogP contribution in [0.4, 0.5) is 10.1 Å². The summed E-state index contributed by atoms with van der Waals surface area (Å²) in [7, 11) is 0. The number of aromatic amines is 1. The first kappa shape index (κ1) is 22.1. The van der Waals surface area contributed by atoms with Crippen molar-refractivity contribution in [3.8, 4) is 22.4 Å². The van der Waals surface area contributed by atoms with E-state index in [1.54, 1.807) is 12.1 Å². The Labute approximate surface area is 206 Å². The van der Waals surface area contributed by atoms with Gasteiger partial charge in [0.15, 0.2) is 0 Å². The molecule has 4 aromatic rings. The third-order valence-electron chi connectivity index (χ3n) is 7.37. The molecule has 0 radical (unpaired) electrons. The molecule has 6 rings (SSSR count). The number of halogens is 1. The maximum Gasteiger partial charge on any atom is 0.123 e. The Morgan fingerprint density at radius 1 is 1.00 bits per heavy atom. The van der Waals surface area contributed by atoms with Crippen LogP contribution < -0.4 is 10.2 Å². The van der Waals surface area contributed by atoms with Gasteiger partial charge in [-0.05, 0) is 74.1 Å². The highest BCUT2D eigenvalue weighted by Crippen LogP contribution is 2.46. The molecule has 0 bridgehead atoms. The summed E-state index contributed by atoms with van der Waals surface area (Å²) in [6.45, 7) is 8.95. The number of hydrogen-bond donors (Lipinski definition) is 2. The molecule has 0 spiro atoms. The van der Waals surface area contributed by atoms with Gasteiger partial charge in [0.05, 0.1) is 12.2 Å². The Balaban J connectivity index is 1.33. The molecule has 2 aromatic heterocycles. The van der Waals surface area contributed by atoms with E-state index in [9.17, 15) is 4.39 Å². The van der Waals surface area contributed by atoms with Crippen molar-refractivity contribution in [1.29, 1.82) is 0 Å². The van der Waals surface area contributed by atoms with Gasteiger partial charge < -0.3 is 15.2 Å². The molecule has 0 unspecified atom stereocenters. The molecule has 1 aliphatic carbocycles. The van der Waals surface area contributed by atoms with Gasteiger partial charge in [-0.25, -0.2) is 4.39 Å². The van der Waals surface area contributed by atoms with E-state index in [4.69, 9.17) is 5.10 Å².